The first kappa shape index (κ1) is 12.0. The molecule has 3 rings (SSSR count). The fourth-order valence-corrected chi connectivity index (χ4v) is 2.69. The van der Waals surface area contributed by atoms with Crippen LogP contribution in [0, 0.1) is 5.41 Å². The van der Waals surface area contributed by atoms with Crippen molar-refractivity contribution in [1.29, 1.82) is 0 Å². The summed E-state index contributed by atoms with van der Waals surface area (Å²) in [4.78, 5) is 17.7. The monoisotopic (exact) mass is 256 g/mol. The van der Waals surface area contributed by atoms with E-state index in [1.54, 1.807) is 6.07 Å². The summed E-state index contributed by atoms with van der Waals surface area (Å²) in [5, 5.41) is 9.93. The van der Waals surface area contributed by atoms with Crippen LogP contribution in [0.5, 0.6) is 0 Å². The first-order valence-corrected chi connectivity index (χ1v) is 6.33. The van der Waals surface area contributed by atoms with Gasteiger partial charge in [-0.1, -0.05) is 13.8 Å². The van der Waals surface area contributed by atoms with Crippen molar-refractivity contribution in [2.45, 2.75) is 13.8 Å². The number of carbonyl (C=O) groups is 1. The SMILES string of the molecule is CC1(C)CN(c2ccc3nccc(C(=O)O)c3c2)C1. The minimum absolute atomic E-state index is 0.312. The van der Waals surface area contributed by atoms with Crippen LogP contribution in [0.2, 0.25) is 0 Å². The van der Waals surface area contributed by atoms with Crippen molar-refractivity contribution in [2.24, 2.45) is 5.41 Å². The number of hydrogen-bond donors (Lipinski definition) is 1. The molecule has 1 aliphatic heterocycles. The number of anilines is 1. The molecule has 1 saturated heterocycles. The molecule has 1 aromatic heterocycles. The number of carboxylic acid groups (broad SMARTS) is 1. The van der Waals surface area contributed by atoms with E-state index in [0.717, 1.165) is 24.3 Å². The number of benzene rings is 1. The molecule has 1 N–H and O–H groups in total. The van der Waals surface area contributed by atoms with Gasteiger partial charge in [0.25, 0.3) is 0 Å². The maximum absolute atomic E-state index is 11.2. The Morgan fingerprint density at radius 1 is 1.32 bits per heavy atom. The van der Waals surface area contributed by atoms with Crippen molar-refractivity contribution in [2.75, 3.05) is 18.0 Å². The quantitative estimate of drug-likeness (QED) is 0.897. The van der Waals surface area contributed by atoms with Gasteiger partial charge in [-0.15, -0.1) is 0 Å². The number of nitrogens with zero attached hydrogens (tertiary/aromatic N) is 2. The molecule has 0 saturated carbocycles. The molecule has 1 aliphatic rings. The van der Waals surface area contributed by atoms with Gasteiger partial charge >= 0.3 is 5.97 Å². The summed E-state index contributed by atoms with van der Waals surface area (Å²) in [5.41, 5.74) is 2.46. The minimum Gasteiger partial charge on any atom is -0.478 e. The molecular weight excluding hydrogens is 240 g/mol. The highest BCUT2D eigenvalue weighted by Crippen LogP contribution is 2.34. The lowest BCUT2D eigenvalue weighted by Crippen LogP contribution is -2.53. The third kappa shape index (κ3) is 2.03. The molecule has 1 fully saturated rings. The average Bonchev–Trinajstić information content (AvgIpc) is 2.34. The molecule has 4 nitrogen and oxygen atoms in total. The zero-order chi connectivity index (χ0) is 13.6. The Morgan fingerprint density at radius 3 is 2.68 bits per heavy atom. The lowest BCUT2D eigenvalue weighted by atomic mass is 9.84. The van der Waals surface area contributed by atoms with Crippen molar-refractivity contribution >= 4 is 22.6 Å². The fraction of sp³-hybridized carbons (Fsp3) is 0.333. The molecule has 0 amide bonds. The molecule has 2 aromatic rings. The van der Waals surface area contributed by atoms with Crippen molar-refractivity contribution in [1.82, 2.24) is 4.98 Å². The summed E-state index contributed by atoms with van der Waals surface area (Å²) < 4.78 is 0. The largest absolute Gasteiger partial charge is 0.478 e. The predicted molar refractivity (Wildman–Crippen MR) is 74.7 cm³/mol. The summed E-state index contributed by atoms with van der Waals surface area (Å²) in [7, 11) is 0. The van der Waals surface area contributed by atoms with E-state index >= 15 is 0 Å². The van der Waals surface area contributed by atoms with Crippen LogP contribution in [0.3, 0.4) is 0 Å². The summed E-state index contributed by atoms with van der Waals surface area (Å²) in [5.74, 6) is -0.909. The number of aromatic nitrogens is 1. The Morgan fingerprint density at radius 2 is 2.05 bits per heavy atom. The van der Waals surface area contributed by atoms with Crippen molar-refractivity contribution in [3.63, 3.8) is 0 Å². The first-order valence-electron chi connectivity index (χ1n) is 6.33. The number of rotatable bonds is 2. The highest BCUT2D eigenvalue weighted by atomic mass is 16.4. The van der Waals surface area contributed by atoms with Crippen LogP contribution in [0.15, 0.2) is 30.5 Å². The molecule has 0 atom stereocenters. The Bertz CT molecular complexity index is 656. The molecule has 4 heteroatoms. The van der Waals surface area contributed by atoms with Gasteiger partial charge in [-0.3, -0.25) is 4.98 Å². The topological polar surface area (TPSA) is 53.4 Å². The fourth-order valence-electron chi connectivity index (χ4n) is 2.69. The summed E-state index contributed by atoms with van der Waals surface area (Å²) in [6, 6.07) is 7.38. The van der Waals surface area contributed by atoms with E-state index in [0.29, 0.717) is 16.4 Å². The zero-order valence-electron chi connectivity index (χ0n) is 11.1. The van der Waals surface area contributed by atoms with Crippen LogP contribution >= 0.6 is 0 Å². The van der Waals surface area contributed by atoms with Crippen molar-refractivity contribution < 1.29 is 9.90 Å². The van der Waals surface area contributed by atoms with E-state index in [9.17, 15) is 9.90 Å². The van der Waals surface area contributed by atoms with Gasteiger partial charge in [-0.25, -0.2) is 4.79 Å². The molecule has 19 heavy (non-hydrogen) atoms. The van der Waals surface area contributed by atoms with E-state index < -0.39 is 5.97 Å². The molecule has 0 spiro atoms. The van der Waals surface area contributed by atoms with E-state index in [4.69, 9.17) is 0 Å². The number of fused-ring (bicyclic) bond motifs is 1. The van der Waals surface area contributed by atoms with Gasteiger partial charge in [-0.05, 0) is 29.7 Å². The number of pyridine rings is 1. The highest BCUT2D eigenvalue weighted by molar-refractivity contribution is 6.03. The van der Waals surface area contributed by atoms with E-state index in [2.05, 4.69) is 23.7 Å². The summed E-state index contributed by atoms with van der Waals surface area (Å²) in [6.45, 7) is 6.46. The highest BCUT2D eigenvalue weighted by Gasteiger charge is 2.34. The Labute approximate surface area is 111 Å². The summed E-state index contributed by atoms with van der Waals surface area (Å²) in [6.07, 6.45) is 1.54. The first-order chi connectivity index (χ1) is 8.96. The average molecular weight is 256 g/mol. The Hall–Kier alpha value is -2.10. The van der Waals surface area contributed by atoms with Gasteiger partial charge in [0.2, 0.25) is 0 Å². The second-order valence-electron chi connectivity index (χ2n) is 5.89. The second-order valence-corrected chi connectivity index (χ2v) is 5.89. The van der Waals surface area contributed by atoms with Gasteiger partial charge in [0.05, 0.1) is 11.1 Å². The maximum atomic E-state index is 11.2. The zero-order valence-corrected chi connectivity index (χ0v) is 11.1. The lowest BCUT2D eigenvalue weighted by Gasteiger charge is -2.47. The van der Waals surface area contributed by atoms with Crippen molar-refractivity contribution in [3.05, 3.63) is 36.0 Å². The van der Waals surface area contributed by atoms with Crippen molar-refractivity contribution in [3.8, 4) is 0 Å². The van der Waals surface area contributed by atoms with Crippen LogP contribution in [-0.4, -0.2) is 29.1 Å². The van der Waals surface area contributed by atoms with Crippen LogP contribution in [-0.2, 0) is 0 Å². The molecule has 0 bridgehead atoms. The van der Waals surface area contributed by atoms with Crippen LogP contribution in [0.4, 0.5) is 5.69 Å². The predicted octanol–water partition coefficient (Wildman–Crippen LogP) is 2.78. The molecule has 2 heterocycles. The molecule has 0 aliphatic carbocycles. The third-order valence-corrected chi connectivity index (χ3v) is 3.56. The van der Waals surface area contributed by atoms with Crippen LogP contribution in [0.1, 0.15) is 24.2 Å². The number of aromatic carboxylic acids is 1. The number of carboxylic acids is 1. The normalized spacial score (nSPS) is 17.3. The maximum Gasteiger partial charge on any atom is 0.336 e. The Balaban J connectivity index is 2.05. The third-order valence-electron chi connectivity index (χ3n) is 3.56. The molecule has 0 unspecified atom stereocenters. The summed E-state index contributed by atoms with van der Waals surface area (Å²) >= 11 is 0. The Kier molecular flexibility index (Phi) is 2.49. The lowest BCUT2D eigenvalue weighted by molar-refractivity contribution is 0.0699. The molecule has 1 aromatic carbocycles. The molecular formula is C15H16N2O2. The van der Waals surface area contributed by atoms with Gasteiger partial charge < -0.3 is 10.0 Å². The smallest absolute Gasteiger partial charge is 0.336 e. The molecule has 0 radical (unpaired) electrons. The van der Waals surface area contributed by atoms with Gasteiger partial charge in [0.15, 0.2) is 0 Å². The minimum atomic E-state index is -0.909. The van der Waals surface area contributed by atoms with E-state index in [-0.39, 0.29) is 0 Å². The van der Waals surface area contributed by atoms with E-state index in [1.165, 1.54) is 6.20 Å². The molecule has 98 valence electrons. The van der Waals surface area contributed by atoms with E-state index in [1.807, 2.05) is 18.2 Å². The number of hydrogen-bond acceptors (Lipinski definition) is 3. The standard InChI is InChI=1S/C15H16N2O2/c1-15(2)8-17(9-15)10-3-4-13-12(7-10)11(14(18)19)5-6-16-13/h3-7H,8-9H2,1-2H3,(H,18,19). The van der Waals surface area contributed by atoms with Crippen LogP contribution in [0.25, 0.3) is 10.9 Å². The van der Waals surface area contributed by atoms with Crippen LogP contribution < -0.4 is 4.90 Å². The van der Waals surface area contributed by atoms with Gasteiger partial charge in [0.1, 0.15) is 0 Å². The van der Waals surface area contributed by atoms with Gasteiger partial charge in [0, 0.05) is 30.4 Å². The second kappa shape index (κ2) is 3.95. The van der Waals surface area contributed by atoms with Gasteiger partial charge in [-0.2, -0.15) is 0 Å².